The van der Waals surface area contributed by atoms with Crippen molar-refractivity contribution in [1.29, 1.82) is 0 Å². The number of hydrogen-bond acceptors (Lipinski definition) is 1. The molecule has 0 radical (unpaired) electrons. The van der Waals surface area contributed by atoms with Crippen molar-refractivity contribution >= 4 is 31.9 Å². The summed E-state index contributed by atoms with van der Waals surface area (Å²) in [5, 5.41) is 1.08. The molecule has 0 aliphatic carbocycles. The SMILES string of the molecule is CN(CCCBr)Cc1cccc(Br)c1. The zero-order chi connectivity index (χ0) is 10.4. The first-order chi connectivity index (χ1) is 6.72. The van der Waals surface area contributed by atoms with Gasteiger partial charge in [0, 0.05) is 16.3 Å². The fraction of sp³-hybridized carbons (Fsp3) is 0.455. The minimum atomic E-state index is 1.02. The van der Waals surface area contributed by atoms with Crippen LogP contribution in [0.2, 0.25) is 0 Å². The Morgan fingerprint density at radius 1 is 1.36 bits per heavy atom. The summed E-state index contributed by atoms with van der Waals surface area (Å²) in [7, 11) is 2.16. The van der Waals surface area contributed by atoms with Gasteiger partial charge in [-0.15, -0.1) is 0 Å². The molecule has 0 aromatic heterocycles. The quantitative estimate of drug-likeness (QED) is 0.748. The van der Waals surface area contributed by atoms with Crippen LogP contribution in [-0.4, -0.2) is 23.8 Å². The Hall–Kier alpha value is 0.140. The minimum absolute atomic E-state index is 1.02. The predicted molar refractivity (Wildman–Crippen MR) is 68.9 cm³/mol. The summed E-state index contributed by atoms with van der Waals surface area (Å²) in [6.45, 7) is 2.16. The highest BCUT2D eigenvalue weighted by molar-refractivity contribution is 9.10. The van der Waals surface area contributed by atoms with Crippen molar-refractivity contribution in [1.82, 2.24) is 4.90 Å². The van der Waals surface area contributed by atoms with Crippen LogP contribution in [-0.2, 0) is 6.54 Å². The molecule has 1 aromatic rings. The van der Waals surface area contributed by atoms with Crippen LogP contribution in [0.1, 0.15) is 12.0 Å². The van der Waals surface area contributed by atoms with Gasteiger partial charge in [-0.2, -0.15) is 0 Å². The molecular weight excluding hydrogens is 306 g/mol. The molecular formula is C11H15Br2N. The fourth-order valence-corrected chi connectivity index (χ4v) is 2.05. The highest BCUT2D eigenvalue weighted by Gasteiger charge is 1.99. The molecule has 78 valence electrons. The molecule has 0 unspecified atom stereocenters. The van der Waals surface area contributed by atoms with E-state index in [4.69, 9.17) is 0 Å². The first kappa shape index (κ1) is 12.2. The summed E-state index contributed by atoms with van der Waals surface area (Å²) in [5.41, 5.74) is 1.36. The Bertz CT molecular complexity index is 276. The van der Waals surface area contributed by atoms with Crippen LogP contribution in [0.15, 0.2) is 28.7 Å². The molecule has 0 bridgehead atoms. The summed E-state index contributed by atoms with van der Waals surface area (Å²) in [6.07, 6.45) is 1.20. The maximum absolute atomic E-state index is 3.48. The average Bonchev–Trinajstić information content (AvgIpc) is 2.15. The monoisotopic (exact) mass is 319 g/mol. The van der Waals surface area contributed by atoms with Gasteiger partial charge in [-0.25, -0.2) is 0 Å². The second-order valence-corrected chi connectivity index (χ2v) is 5.12. The lowest BCUT2D eigenvalue weighted by Gasteiger charge is -2.15. The largest absolute Gasteiger partial charge is 0.302 e. The van der Waals surface area contributed by atoms with E-state index in [1.807, 2.05) is 0 Å². The molecule has 1 aromatic carbocycles. The lowest BCUT2D eigenvalue weighted by Crippen LogP contribution is -2.19. The van der Waals surface area contributed by atoms with Gasteiger partial charge < -0.3 is 4.90 Å². The Morgan fingerprint density at radius 2 is 2.14 bits per heavy atom. The molecule has 14 heavy (non-hydrogen) atoms. The molecule has 0 N–H and O–H groups in total. The predicted octanol–water partition coefficient (Wildman–Crippen LogP) is 3.67. The molecule has 1 rings (SSSR count). The highest BCUT2D eigenvalue weighted by atomic mass is 79.9. The van der Waals surface area contributed by atoms with Crippen LogP contribution in [0.5, 0.6) is 0 Å². The second-order valence-electron chi connectivity index (χ2n) is 3.41. The van der Waals surface area contributed by atoms with Crippen molar-refractivity contribution in [3.63, 3.8) is 0 Å². The van der Waals surface area contributed by atoms with Gasteiger partial charge in [0.1, 0.15) is 0 Å². The molecule has 0 amide bonds. The molecule has 0 heterocycles. The van der Waals surface area contributed by atoms with Crippen molar-refractivity contribution in [3.05, 3.63) is 34.3 Å². The van der Waals surface area contributed by atoms with Crippen molar-refractivity contribution in [2.45, 2.75) is 13.0 Å². The summed E-state index contributed by atoms with van der Waals surface area (Å²) in [4.78, 5) is 2.34. The summed E-state index contributed by atoms with van der Waals surface area (Å²) in [6, 6.07) is 8.47. The number of alkyl halides is 1. The number of benzene rings is 1. The van der Waals surface area contributed by atoms with Crippen LogP contribution < -0.4 is 0 Å². The van der Waals surface area contributed by atoms with Crippen LogP contribution in [0.25, 0.3) is 0 Å². The van der Waals surface area contributed by atoms with E-state index in [0.717, 1.165) is 22.9 Å². The van der Waals surface area contributed by atoms with E-state index in [2.05, 4.69) is 68.1 Å². The van der Waals surface area contributed by atoms with E-state index in [1.54, 1.807) is 0 Å². The molecule has 1 nitrogen and oxygen atoms in total. The van der Waals surface area contributed by atoms with E-state index in [9.17, 15) is 0 Å². The zero-order valence-corrected chi connectivity index (χ0v) is 11.5. The van der Waals surface area contributed by atoms with Crippen molar-refractivity contribution in [2.24, 2.45) is 0 Å². The van der Waals surface area contributed by atoms with Gasteiger partial charge in [-0.05, 0) is 37.7 Å². The van der Waals surface area contributed by atoms with Crippen molar-refractivity contribution < 1.29 is 0 Å². The number of hydrogen-bond donors (Lipinski definition) is 0. The van der Waals surface area contributed by atoms with Crippen LogP contribution >= 0.6 is 31.9 Å². The fourth-order valence-electron chi connectivity index (χ4n) is 1.36. The van der Waals surface area contributed by atoms with Gasteiger partial charge in [0.15, 0.2) is 0 Å². The molecule has 3 heteroatoms. The highest BCUT2D eigenvalue weighted by Crippen LogP contribution is 2.12. The molecule has 0 atom stereocenters. The van der Waals surface area contributed by atoms with E-state index in [-0.39, 0.29) is 0 Å². The molecule has 0 saturated carbocycles. The molecule has 0 aliphatic rings. The lowest BCUT2D eigenvalue weighted by molar-refractivity contribution is 0.329. The van der Waals surface area contributed by atoms with Crippen LogP contribution in [0.4, 0.5) is 0 Å². The lowest BCUT2D eigenvalue weighted by atomic mass is 10.2. The third-order valence-corrected chi connectivity index (χ3v) is 3.07. The second kappa shape index (κ2) is 6.59. The van der Waals surface area contributed by atoms with Gasteiger partial charge in [0.05, 0.1) is 0 Å². The molecule has 0 spiro atoms. The van der Waals surface area contributed by atoms with Gasteiger partial charge in [-0.1, -0.05) is 44.0 Å². The first-order valence-electron chi connectivity index (χ1n) is 4.71. The first-order valence-corrected chi connectivity index (χ1v) is 6.63. The number of halogens is 2. The smallest absolute Gasteiger partial charge is 0.0231 e. The normalized spacial score (nSPS) is 10.9. The van der Waals surface area contributed by atoms with E-state index in [1.165, 1.54) is 12.0 Å². The van der Waals surface area contributed by atoms with E-state index < -0.39 is 0 Å². The van der Waals surface area contributed by atoms with Crippen molar-refractivity contribution in [3.8, 4) is 0 Å². The number of rotatable bonds is 5. The Labute approximate surface area is 103 Å². The summed E-state index contributed by atoms with van der Waals surface area (Å²) < 4.78 is 1.16. The zero-order valence-electron chi connectivity index (χ0n) is 8.34. The van der Waals surface area contributed by atoms with E-state index in [0.29, 0.717) is 0 Å². The van der Waals surface area contributed by atoms with Crippen LogP contribution in [0, 0.1) is 0 Å². The summed E-state index contributed by atoms with van der Waals surface area (Å²) in [5.74, 6) is 0. The van der Waals surface area contributed by atoms with Gasteiger partial charge in [0.25, 0.3) is 0 Å². The van der Waals surface area contributed by atoms with Gasteiger partial charge >= 0.3 is 0 Å². The number of nitrogens with zero attached hydrogens (tertiary/aromatic N) is 1. The Balaban J connectivity index is 2.43. The summed E-state index contributed by atoms with van der Waals surface area (Å²) >= 11 is 6.92. The molecule has 0 aliphatic heterocycles. The Morgan fingerprint density at radius 3 is 2.79 bits per heavy atom. The standard InChI is InChI=1S/C11H15Br2N/c1-14(7-3-6-12)9-10-4-2-5-11(13)8-10/h2,4-5,8H,3,6-7,9H2,1H3. The minimum Gasteiger partial charge on any atom is -0.302 e. The van der Waals surface area contributed by atoms with Crippen molar-refractivity contribution in [2.75, 3.05) is 18.9 Å². The maximum Gasteiger partial charge on any atom is 0.0231 e. The van der Waals surface area contributed by atoms with Gasteiger partial charge in [0.2, 0.25) is 0 Å². The average molecular weight is 321 g/mol. The third-order valence-electron chi connectivity index (χ3n) is 2.01. The van der Waals surface area contributed by atoms with E-state index >= 15 is 0 Å². The van der Waals surface area contributed by atoms with Crippen LogP contribution in [0.3, 0.4) is 0 Å². The topological polar surface area (TPSA) is 3.24 Å². The maximum atomic E-state index is 3.48. The molecule has 0 saturated heterocycles. The Kier molecular flexibility index (Phi) is 5.75. The third kappa shape index (κ3) is 4.58. The molecule has 0 fully saturated rings. The van der Waals surface area contributed by atoms with Gasteiger partial charge in [-0.3, -0.25) is 0 Å².